The molecule has 1 aromatic heterocycles. The maximum atomic E-state index is 4.55. The number of anilines is 3. The zero-order valence-corrected chi connectivity index (χ0v) is 11.9. The Balaban J connectivity index is 2.35. The fourth-order valence-corrected chi connectivity index (χ4v) is 1.86. The molecule has 100 valence electrons. The molecule has 0 fully saturated rings. The average Bonchev–Trinajstić information content (AvgIpc) is 2.43. The van der Waals surface area contributed by atoms with Crippen LogP contribution in [0.1, 0.15) is 23.9 Å². The van der Waals surface area contributed by atoms with Crippen molar-refractivity contribution in [1.82, 2.24) is 9.97 Å². The van der Waals surface area contributed by atoms with Crippen LogP contribution in [0, 0.1) is 13.8 Å². The number of hydrogen-bond acceptors (Lipinski definition) is 4. The van der Waals surface area contributed by atoms with Crippen molar-refractivity contribution < 1.29 is 0 Å². The van der Waals surface area contributed by atoms with E-state index in [1.54, 1.807) is 0 Å². The van der Waals surface area contributed by atoms with Gasteiger partial charge in [-0.25, -0.2) is 9.97 Å². The van der Waals surface area contributed by atoms with E-state index in [0.717, 1.165) is 35.1 Å². The predicted molar refractivity (Wildman–Crippen MR) is 80.2 cm³/mol. The summed E-state index contributed by atoms with van der Waals surface area (Å²) in [4.78, 5) is 9.02. The standard InChI is InChI=1S/C15H20N4/c1-5-13-18-14(16-4)11(3)15(19-13)17-12-8-6-10(2)7-9-12/h6-9H,5H2,1-4H3,(H2,16,17,18,19). The molecule has 2 N–H and O–H groups in total. The van der Waals surface area contributed by atoms with E-state index in [1.165, 1.54) is 5.56 Å². The van der Waals surface area contributed by atoms with Crippen LogP contribution in [0.5, 0.6) is 0 Å². The quantitative estimate of drug-likeness (QED) is 0.879. The minimum absolute atomic E-state index is 0.817. The molecule has 0 amide bonds. The third-order valence-electron chi connectivity index (χ3n) is 3.06. The van der Waals surface area contributed by atoms with Gasteiger partial charge in [-0.05, 0) is 26.0 Å². The first-order chi connectivity index (χ1) is 9.13. The van der Waals surface area contributed by atoms with Crippen LogP contribution in [-0.2, 0) is 6.42 Å². The lowest BCUT2D eigenvalue weighted by atomic mass is 10.2. The summed E-state index contributed by atoms with van der Waals surface area (Å²) >= 11 is 0. The topological polar surface area (TPSA) is 49.8 Å². The summed E-state index contributed by atoms with van der Waals surface area (Å²) in [5, 5.41) is 6.47. The zero-order chi connectivity index (χ0) is 13.8. The van der Waals surface area contributed by atoms with Gasteiger partial charge in [0.15, 0.2) is 0 Å². The minimum Gasteiger partial charge on any atom is -0.373 e. The van der Waals surface area contributed by atoms with E-state index in [9.17, 15) is 0 Å². The van der Waals surface area contributed by atoms with Gasteiger partial charge >= 0.3 is 0 Å². The van der Waals surface area contributed by atoms with Crippen molar-refractivity contribution in [2.24, 2.45) is 0 Å². The Morgan fingerprint density at radius 3 is 2.21 bits per heavy atom. The molecule has 4 nitrogen and oxygen atoms in total. The lowest BCUT2D eigenvalue weighted by Gasteiger charge is -2.13. The predicted octanol–water partition coefficient (Wildman–Crippen LogP) is 3.44. The van der Waals surface area contributed by atoms with Crippen molar-refractivity contribution in [3.05, 3.63) is 41.2 Å². The summed E-state index contributed by atoms with van der Waals surface area (Å²) in [5.41, 5.74) is 3.31. The highest BCUT2D eigenvalue weighted by atomic mass is 15.1. The highest BCUT2D eigenvalue weighted by Gasteiger charge is 2.09. The van der Waals surface area contributed by atoms with Gasteiger partial charge in [-0.3, -0.25) is 0 Å². The smallest absolute Gasteiger partial charge is 0.139 e. The molecule has 0 aliphatic heterocycles. The largest absolute Gasteiger partial charge is 0.373 e. The Morgan fingerprint density at radius 2 is 1.63 bits per heavy atom. The van der Waals surface area contributed by atoms with E-state index in [2.05, 4.69) is 58.7 Å². The van der Waals surface area contributed by atoms with Crippen LogP contribution >= 0.6 is 0 Å². The monoisotopic (exact) mass is 256 g/mol. The molecule has 0 spiro atoms. The van der Waals surface area contributed by atoms with Gasteiger partial charge in [-0.15, -0.1) is 0 Å². The first-order valence-corrected chi connectivity index (χ1v) is 6.53. The van der Waals surface area contributed by atoms with Gasteiger partial charge in [0, 0.05) is 24.7 Å². The maximum absolute atomic E-state index is 4.55. The van der Waals surface area contributed by atoms with Crippen LogP contribution in [0.3, 0.4) is 0 Å². The highest BCUT2D eigenvalue weighted by Crippen LogP contribution is 2.23. The van der Waals surface area contributed by atoms with E-state index in [0.29, 0.717) is 0 Å². The number of nitrogens with zero attached hydrogens (tertiary/aromatic N) is 2. The second kappa shape index (κ2) is 5.69. The molecule has 1 aromatic carbocycles. The van der Waals surface area contributed by atoms with Gasteiger partial charge < -0.3 is 10.6 Å². The van der Waals surface area contributed by atoms with Crippen molar-refractivity contribution >= 4 is 17.3 Å². The van der Waals surface area contributed by atoms with Gasteiger partial charge in [0.05, 0.1) is 0 Å². The zero-order valence-electron chi connectivity index (χ0n) is 11.9. The lowest BCUT2D eigenvalue weighted by molar-refractivity contribution is 0.935. The van der Waals surface area contributed by atoms with Crippen LogP contribution in [0.4, 0.5) is 17.3 Å². The lowest BCUT2D eigenvalue weighted by Crippen LogP contribution is -2.06. The molecule has 0 aliphatic rings. The Hall–Kier alpha value is -2.10. The second-order valence-corrected chi connectivity index (χ2v) is 4.56. The van der Waals surface area contributed by atoms with Crippen LogP contribution in [0.2, 0.25) is 0 Å². The van der Waals surface area contributed by atoms with Crippen molar-refractivity contribution in [1.29, 1.82) is 0 Å². The van der Waals surface area contributed by atoms with Crippen LogP contribution in [0.25, 0.3) is 0 Å². The molecule has 19 heavy (non-hydrogen) atoms. The van der Waals surface area contributed by atoms with E-state index >= 15 is 0 Å². The Labute approximate surface area is 114 Å². The molecular formula is C15H20N4. The van der Waals surface area contributed by atoms with E-state index in [1.807, 2.05) is 14.0 Å². The number of benzene rings is 1. The molecule has 0 saturated carbocycles. The van der Waals surface area contributed by atoms with Crippen molar-refractivity contribution in [2.45, 2.75) is 27.2 Å². The van der Waals surface area contributed by atoms with Gasteiger partial charge in [-0.1, -0.05) is 24.6 Å². The number of hydrogen-bond donors (Lipinski definition) is 2. The summed E-state index contributed by atoms with van der Waals surface area (Å²) in [5.74, 6) is 2.58. The molecule has 1 heterocycles. The van der Waals surface area contributed by atoms with Crippen molar-refractivity contribution in [3.63, 3.8) is 0 Å². The van der Waals surface area contributed by atoms with E-state index in [-0.39, 0.29) is 0 Å². The third kappa shape index (κ3) is 3.02. The average molecular weight is 256 g/mol. The first kappa shape index (κ1) is 13.3. The summed E-state index contributed by atoms with van der Waals surface area (Å²) in [6, 6.07) is 8.28. The Morgan fingerprint density at radius 1 is 1.00 bits per heavy atom. The van der Waals surface area contributed by atoms with Crippen LogP contribution in [0.15, 0.2) is 24.3 Å². The molecule has 2 rings (SSSR count). The fourth-order valence-electron chi connectivity index (χ4n) is 1.86. The molecule has 0 bridgehead atoms. The second-order valence-electron chi connectivity index (χ2n) is 4.56. The van der Waals surface area contributed by atoms with Crippen molar-refractivity contribution in [3.8, 4) is 0 Å². The van der Waals surface area contributed by atoms with Crippen molar-refractivity contribution in [2.75, 3.05) is 17.7 Å². The van der Waals surface area contributed by atoms with Gasteiger partial charge in [-0.2, -0.15) is 0 Å². The van der Waals surface area contributed by atoms with Crippen LogP contribution in [-0.4, -0.2) is 17.0 Å². The molecule has 2 aromatic rings. The third-order valence-corrected chi connectivity index (χ3v) is 3.06. The normalized spacial score (nSPS) is 10.3. The number of nitrogens with one attached hydrogen (secondary N) is 2. The summed E-state index contributed by atoms with van der Waals surface area (Å²) in [6.07, 6.45) is 0.817. The summed E-state index contributed by atoms with van der Waals surface area (Å²) < 4.78 is 0. The minimum atomic E-state index is 0.817. The molecule has 0 saturated heterocycles. The number of aryl methyl sites for hydroxylation is 2. The molecule has 0 unspecified atom stereocenters. The van der Waals surface area contributed by atoms with Gasteiger partial charge in [0.25, 0.3) is 0 Å². The number of aromatic nitrogens is 2. The molecule has 4 heteroatoms. The Bertz CT molecular complexity index is 561. The van der Waals surface area contributed by atoms with E-state index in [4.69, 9.17) is 0 Å². The molecule has 0 radical (unpaired) electrons. The molecular weight excluding hydrogens is 236 g/mol. The molecule has 0 aliphatic carbocycles. The number of rotatable bonds is 4. The van der Waals surface area contributed by atoms with Gasteiger partial charge in [0.1, 0.15) is 17.5 Å². The fraction of sp³-hybridized carbons (Fsp3) is 0.333. The first-order valence-electron chi connectivity index (χ1n) is 6.53. The Kier molecular flexibility index (Phi) is 4.00. The van der Waals surface area contributed by atoms with E-state index < -0.39 is 0 Å². The highest BCUT2D eigenvalue weighted by molar-refractivity contribution is 5.64. The van der Waals surface area contributed by atoms with Gasteiger partial charge in [0.2, 0.25) is 0 Å². The molecule has 0 atom stereocenters. The maximum Gasteiger partial charge on any atom is 0.139 e. The SMILES string of the molecule is CCc1nc(NC)c(C)c(Nc2ccc(C)cc2)n1. The van der Waals surface area contributed by atoms with Crippen LogP contribution < -0.4 is 10.6 Å². The summed E-state index contributed by atoms with van der Waals surface area (Å²) in [7, 11) is 1.88. The summed E-state index contributed by atoms with van der Waals surface area (Å²) in [6.45, 7) is 6.15.